The van der Waals surface area contributed by atoms with Gasteiger partial charge in [0, 0.05) is 12.8 Å². The van der Waals surface area contributed by atoms with Crippen molar-refractivity contribution in [3.05, 3.63) is 29.8 Å². The summed E-state index contributed by atoms with van der Waals surface area (Å²) < 4.78 is 29.1. The fourth-order valence-corrected chi connectivity index (χ4v) is 6.50. The molecule has 0 aliphatic rings. The third-order valence-corrected chi connectivity index (χ3v) is 9.31. The van der Waals surface area contributed by atoms with Crippen molar-refractivity contribution in [1.82, 2.24) is 5.32 Å². The Labute approximate surface area is 276 Å². The number of nitrogens with one attached hydrogen (secondary N) is 1. The van der Waals surface area contributed by atoms with E-state index >= 15 is 0 Å². The third kappa shape index (κ3) is 24.6. The van der Waals surface area contributed by atoms with Crippen molar-refractivity contribution in [3.8, 4) is 5.75 Å². The first-order valence-electron chi connectivity index (χ1n) is 18.4. The smallest absolute Gasteiger partial charge is 0.472 e. The molecule has 0 aliphatic heterocycles. The van der Waals surface area contributed by atoms with Gasteiger partial charge in [0.2, 0.25) is 0 Å². The van der Waals surface area contributed by atoms with Crippen LogP contribution in [0.3, 0.4) is 0 Å². The summed E-state index contributed by atoms with van der Waals surface area (Å²) >= 11 is 0. The van der Waals surface area contributed by atoms with Gasteiger partial charge in [-0.2, -0.15) is 0 Å². The van der Waals surface area contributed by atoms with Crippen molar-refractivity contribution in [2.45, 2.75) is 155 Å². The van der Waals surface area contributed by atoms with Gasteiger partial charge in [0.05, 0.1) is 19.8 Å². The molecule has 8 heteroatoms. The SMILES string of the molecule is CCCCCCCCCCCCCCCCCCOc1ccccc1CC(COP(=O)(O)OCCCCNC)CC(=O)CCC. The lowest BCUT2D eigenvalue weighted by Gasteiger charge is -2.20. The largest absolute Gasteiger partial charge is 0.493 e. The lowest BCUT2D eigenvalue weighted by Crippen LogP contribution is -2.18. The Kier molecular flexibility index (Phi) is 26.9. The molecular weight excluding hydrogens is 585 g/mol. The molecule has 0 heterocycles. The fraction of sp³-hybridized carbons (Fsp3) is 0.811. The lowest BCUT2D eigenvalue weighted by molar-refractivity contribution is -0.120. The Hall–Kier alpha value is -1.24. The molecule has 2 N–H and O–H groups in total. The second-order valence-electron chi connectivity index (χ2n) is 12.7. The normalized spacial score (nSPS) is 13.5. The molecule has 0 saturated carbocycles. The Morgan fingerprint density at radius 1 is 0.756 bits per heavy atom. The lowest BCUT2D eigenvalue weighted by atomic mass is 9.93. The molecule has 2 atom stereocenters. The predicted molar refractivity (Wildman–Crippen MR) is 188 cm³/mol. The van der Waals surface area contributed by atoms with Crippen molar-refractivity contribution in [3.63, 3.8) is 0 Å². The number of phosphoric acid groups is 1. The number of hydrogen-bond acceptors (Lipinski definition) is 6. The molecule has 1 rings (SSSR count). The number of Topliss-reactive ketones (excluding diaryl/α,β-unsaturated/α-hetero) is 1. The van der Waals surface area contributed by atoms with Crippen LogP contribution in [0.1, 0.15) is 154 Å². The second-order valence-corrected chi connectivity index (χ2v) is 14.2. The molecule has 45 heavy (non-hydrogen) atoms. The molecule has 2 unspecified atom stereocenters. The first kappa shape index (κ1) is 41.8. The molecule has 1 aromatic rings. The highest BCUT2D eigenvalue weighted by Crippen LogP contribution is 2.44. The zero-order valence-electron chi connectivity index (χ0n) is 29.2. The van der Waals surface area contributed by atoms with Crippen molar-refractivity contribution in [1.29, 1.82) is 0 Å². The van der Waals surface area contributed by atoms with Gasteiger partial charge < -0.3 is 14.9 Å². The molecule has 7 nitrogen and oxygen atoms in total. The molecule has 0 aliphatic carbocycles. The number of para-hydroxylation sites is 1. The van der Waals surface area contributed by atoms with Crippen LogP contribution in [0.25, 0.3) is 0 Å². The van der Waals surface area contributed by atoms with Gasteiger partial charge in [-0.15, -0.1) is 0 Å². The highest BCUT2D eigenvalue weighted by Gasteiger charge is 2.25. The minimum absolute atomic E-state index is 0.0206. The van der Waals surface area contributed by atoms with Gasteiger partial charge in [0.15, 0.2) is 0 Å². The fourth-order valence-electron chi connectivity index (χ4n) is 5.67. The molecule has 262 valence electrons. The maximum absolute atomic E-state index is 12.5. The van der Waals surface area contributed by atoms with Crippen LogP contribution < -0.4 is 10.1 Å². The van der Waals surface area contributed by atoms with Crippen molar-refractivity contribution >= 4 is 13.6 Å². The van der Waals surface area contributed by atoms with Crippen LogP contribution in [0, 0.1) is 5.92 Å². The van der Waals surface area contributed by atoms with Gasteiger partial charge in [-0.3, -0.25) is 13.8 Å². The first-order chi connectivity index (χ1) is 21.9. The summed E-state index contributed by atoms with van der Waals surface area (Å²) in [6.45, 7) is 5.88. The van der Waals surface area contributed by atoms with E-state index < -0.39 is 7.82 Å². The maximum Gasteiger partial charge on any atom is 0.472 e. The predicted octanol–water partition coefficient (Wildman–Crippen LogP) is 10.4. The maximum atomic E-state index is 12.5. The molecular formula is C37H68NO6P. The van der Waals surface area contributed by atoms with Crippen LogP contribution in [0.5, 0.6) is 5.75 Å². The second kappa shape index (κ2) is 28.9. The van der Waals surface area contributed by atoms with Crippen LogP contribution in [-0.2, 0) is 24.8 Å². The van der Waals surface area contributed by atoms with Crippen molar-refractivity contribution in [2.24, 2.45) is 5.92 Å². The van der Waals surface area contributed by atoms with Crippen LogP contribution in [0.15, 0.2) is 24.3 Å². The number of carbonyl (C=O) groups is 1. The highest BCUT2D eigenvalue weighted by atomic mass is 31.2. The summed E-state index contributed by atoms with van der Waals surface area (Å²) in [6.07, 6.45) is 25.1. The van der Waals surface area contributed by atoms with E-state index in [4.69, 9.17) is 13.8 Å². The number of benzene rings is 1. The average molecular weight is 654 g/mol. The summed E-state index contributed by atoms with van der Waals surface area (Å²) in [6, 6.07) is 7.91. The van der Waals surface area contributed by atoms with Gasteiger partial charge in [-0.25, -0.2) is 4.57 Å². The number of ketones is 1. The Bertz CT molecular complexity index is 882. The van der Waals surface area contributed by atoms with Crippen molar-refractivity contribution < 1.29 is 28.0 Å². The van der Waals surface area contributed by atoms with E-state index in [1.807, 2.05) is 38.2 Å². The molecule has 0 radical (unpaired) electrons. The molecule has 0 spiro atoms. The van der Waals surface area contributed by atoms with Gasteiger partial charge in [0.1, 0.15) is 11.5 Å². The number of rotatable bonds is 33. The minimum Gasteiger partial charge on any atom is -0.493 e. The Morgan fingerprint density at radius 2 is 1.31 bits per heavy atom. The van der Waals surface area contributed by atoms with E-state index in [0.29, 0.717) is 32.3 Å². The van der Waals surface area contributed by atoms with Crippen LogP contribution in [-0.4, -0.2) is 44.1 Å². The number of carbonyl (C=O) groups excluding carboxylic acids is 1. The topological polar surface area (TPSA) is 94.1 Å². The van der Waals surface area contributed by atoms with Crippen LogP contribution in [0.2, 0.25) is 0 Å². The summed E-state index contributed by atoms with van der Waals surface area (Å²) in [7, 11) is -2.32. The summed E-state index contributed by atoms with van der Waals surface area (Å²) in [5, 5.41) is 3.04. The minimum atomic E-state index is -4.18. The summed E-state index contributed by atoms with van der Waals surface area (Å²) in [5.41, 5.74) is 0.993. The van der Waals surface area contributed by atoms with Gasteiger partial charge in [0.25, 0.3) is 0 Å². The number of ether oxygens (including phenoxy) is 1. The van der Waals surface area contributed by atoms with E-state index in [-0.39, 0.29) is 24.9 Å². The average Bonchev–Trinajstić information content (AvgIpc) is 3.02. The van der Waals surface area contributed by atoms with Gasteiger partial charge in [-0.05, 0) is 63.2 Å². The molecule has 0 fully saturated rings. The molecule has 0 saturated heterocycles. The Morgan fingerprint density at radius 3 is 1.89 bits per heavy atom. The monoisotopic (exact) mass is 653 g/mol. The molecule has 1 aromatic carbocycles. The Balaban J connectivity index is 2.34. The molecule has 0 bridgehead atoms. The van der Waals surface area contributed by atoms with E-state index in [1.54, 1.807) is 0 Å². The van der Waals surface area contributed by atoms with Crippen LogP contribution >= 0.6 is 7.82 Å². The molecule has 0 amide bonds. The number of phosphoric ester groups is 1. The van der Waals surface area contributed by atoms with E-state index in [1.165, 1.54) is 96.3 Å². The quantitative estimate of drug-likeness (QED) is 0.0576. The van der Waals surface area contributed by atoms with E-state index in [0.717, 1.165) is 37.1 Å². The van der Waals surface area contributed by atoms with Gasteiger partial charge in [-0.1, -0.05) is 128 Å². The van der Waals surface area contributed by atoms with E-state index in [9.17, 15) is 14.3 Å². The molecule has 0 aromatic heterocycles. The highest BCUT2D eigenvalue weighted by molar-refractivity contribution is 7.47. The van der Waals surface area contributed by atoms with Crippen LogP contribution in [0.4, 0.5) is 0 Å². The summed E-state index contributed by atoms with van der Waals surface area (Å²) in [5.74, 6) is 0.718. The first-order valence-corrected chi connectivity index (χ1v) is 19.9. The van der Waals surface area contributed by atoms with Gasteiger partial charge >= 0.3 is 7.82 Å². The number of hydrogen-bond donors (Lipinski definition) is 2. The zero-order valence-corrected chi connectivity index (χ0v) is 30.1. The zero-order chi connectivity index (χ0) is 32.9. The standard InChI is InChI=1S/C37H68NO6P/c1-4-6-7-8-9-10-11-12-13-14-15-16-17-18-19-23-29-42-37-27-21-20-26-35(37)31-34(32-36(39)25-5-2)33-44-45(40,41)43-30-24-22-28-38-3/h20-21,26-27,34,38H,4-19,22-25,28-33H2,1-3H3,(H,40,41). The third-order valence-electron chi connectivity index (χ3n) is 8.33. The van der Waals surface area contributed by atoms with E-state index in [2.05, 4.69) is 12.2 Å². The van der Waals surface area contributed by atoms with Crippen molar-refractivity contribution in [2.75, 3.05) is 33.4 Å². The number of unbranched alkanes of at least 4 members (excludes halogenated alkanes) is 16. The summed E-state index contributed by atoms with van der Waals surface area (Å²) in [4.78, 5) is 22.7.